The van der Waals surface area contributed by atoms with Crippen LogP contribution in [0.15, 0.2) is 21.9 Å². The summed E-state index contributed by atoms with van der Waals surface area (Å²) in [6, 6.07) is 0.316. The zero-order valence-electron chi connectivity index (χ0n) is 16.8. The number of nitrogens with zero attached hydrogens (tertiary/aromatic N) is 1. The SMILES string of the molecule is COC(=O)[C@H](C)NP(O)(=S)OC[C@H]1O[C@@H](n2ccc(=O)[nH]c2=O)[C@@H]2OC(C)(C)O[C@@H]21. The van der Waals surface area contributed by atoms with E-state index in [-0.39, 0.29) is 6.61 Å². The Morgan fingerprint density at radius 3 is 2.73 bits per heavy atom. The molecule has 0 bridgehead atoms. The standard InChI is InChI=1S/C16H24N3O9PS/c1-8(14(21)24-4)18-29(23,30)25-7-9-11-12(28-16(2,3)27-11)13(26-9)19-6-5-10(20)17-15(19)22/h5-6,8-9,11-13H,7H2,1-4H3,(H,17,20,22)(H2,18,23,30)/t8-,9+,11+,12+,13+,29?/m0/s1. The molecule has 30 heavy (non-hydrogen) atoms. The Kier molecular flexibility index (Phi) is 6.65. The lowest BCUT2D eigenvalue weighted by atomic mass is 10.1. The van der Waals surface area contributed by atoms with Gasteiger partial charge in [-0.25, -0.2) is 9.88 Å². The normalized spacial score (nSPS) is 30.4. The maximum atomic E-state index is 12.2. The van der Waals surface area contributed by atoms with Crippen molar-refractivity contribution < 1.29 is 33.2 Å². The lowest BCUT2D eigenvalue weighted by Crippen LogP contribution is -2.37. The van der Waals surface area contributed by atoms with E-state index in [1.165, 1.54) is 30.9 Å². The molecular formula is C16H24N3O9PS. The quantitative estimate of drug-likeness (QED) is 0.348. The molecule has 0 aliphatic carbocycles. The van der Waals surface area contributed by atoms with E-state index in [1.807, 2.05) is 0 Å². The zero-order chi connectivity index (χ0) is 22.3. The van der Waals surface area contributed by atoms with Crippen LogP contribution in [0, 0.1) is 0 Å². The number of nitrogens with one attached hydrogen (secondary N) is 2. The van der Waals surface area contributed by atoms with Gasteiger partial charge >= 0.3 is 11.7 Å². The smallest absolute Gasteiger partial charge is 0.330 e. The van der Waals surface area contributed by atoms with E-state index in [2.05, 4.69) is 14.8 Å². The van der Waals surface area contributed by atoms with Crippen LogP contribution in [0.3, 0.4) is 0 Å². The van der Waals surface area contributed by atoms with Gasteiger partial charge < -0.3 is 28.4 Å². The Morgan fingerprint density at radius 1 is 1.43 bits per heavy atom. The number of H-pyrrole nitrogens is 1. The first-order valence-electron chi connectivity index (χ1n) is 9.08. The van der Waals surface area contributed by atoms with Crippen molar-refractivity contribution in [2.75, 3.05) is 13.7 Å². The van der Waals surface area contributed by atoms with E-state index < -0.39 is 60.2 Å². The van der Waals surface area contributed by atoms with Gasteiger partial charge in [0.05, 0.1) is 13.7 Å². The third kappa shape index (κ3) is 5.06. The lowest BCUT2D eigenvalue weighted by Gasteiger charge is -2.26. The highest BCUT2D eigenvalue weighted by atomic mass is 32.5. The third-order valence-corrected chi connectivity index (χ3v) is 6.42. The molecule has 0 spiro atoms. The van der Waals surface area contributed by atoms with Crippen molar-refractivity contribution >= 4 is 24.4 Å². The first-order chi connectivity index (χ1) is 13.9. The fourth-order valence-corrected chi connectivity index (χ4v) is 5.01. The highest BCUT2D eigenvalue weighted by Crippen LogP contribution is 2.45. The molecule has 3 rings (SSSR count). The Bertz CT molecular complexity index is 964. The first-order valence-corrected chi connectivity index (χ1v) is 11.8. The second-order valence-corrected chi connectivity index (χ2v) is 10.4. The van der Waals surface area contributed by atoms with Crippen LogP contribution < -0.4 is 16.3 Å². The van der Waals surface area contributed by atoms with E-state index in [1.54, 1.807) is 13.8 Å². The van der Waals surface area contributed by atoms with Gasteiger partial charge in [0.2, 0.25) is 0 Å². The summed E-state index contributed by atoms with van der Waals surface area (Å²) in [5.41, 5.74) is -1.21. The Morgan fingerprint density at radius 2 is 2.10 bits per heavy atom. The number of hydrogen-bond donors (Lipinski definition) is 3. The van der Waals surface area contributed by atoms with Gasteiger partial charge in [0.15, 0.2) is 12.0 Å². The van der Waals surface area contributed by atoms with Crippen LogP contribution in [-0.2, 0) is 40.1 Å². The highest BCUT2D eigenvalue weighted by molar-refractivity contribution is 8.08. The lowest BCUT2D eigenvalue weighted by molar-refractivity contribution is -0.199. The van der Waals surface area contributed by atoms with Crippen molar-refractivity contribution in [3.05, 3.63) is 33.1 Å². The molecule has 1 aromatic heterocycles. The van der Waals surface area contributed by atoms with Gasteiger partial charge in [0, 0.05) is 12.3 Å². The number of esters is 1. The number of rotatable bonds is 7. The predicted octanol–water partition coefficient (Wildman–Crippen LogP) is -0.661. The molecule has 2 fully saturated rings. The van der Waals surface area contributed by atoms with Crippen molar-refractivity contribution in [3.63, 3.8) is 0 Å². The molecule has 1 aromatic rings. The second kappa shape index (κ2) is 8.60. The molecule has 2 aliphatic heterocycles. The number of carbonyl (C=O) groups is 1. The Labute approximate surface area is 176 Å². The largest absolute Gasteiger partial charge is 0.468 e. The van der Waals surface area contributed by atoms with Crippen LogP contribution in [0.4, 0.5) is 0 Å². The number of aromatic nitrogens is 2. The molecule has 6 atom stereocenters. The van der Waals surface area contributed by atoms with Gasteiger partial charge in [-0.1, -0.05) is 0 Å². The van der Waals surface area contributed by atoms with Gasteiger partial charge in [-0.15, -0.1) is 0 Å². The fraction of sp³-hybridized carbons (Fsp3) is 0.688. The van der Waals surface area contributed by atoms with Crippen LogP contribution in [0.2, 0.25) is 0 Å². The van der Waals surface area contributed by atoms with Crippen LogP contribution in [0.25, 0.3) is 0 Å². The van der Waals surface area contributed by atoms with Crippen LogP contribution >= 0.6 is 6.64 Å². The summed E-state index contributed by atoms with van der Waals surface area (Å²) in [4.78, 5) is 47.6. The minimum atomic E-state index is -3.55. The molecule has 1 unspecified atom stereocenters. The molecule has 0 amide bonds. The molecule has 14 heteroatoms. The number of hydrogen-bond acceptors (Lipinski definition) is 9. The van der Waals surface area contributed by atoms with E-state index in [9.17, 15) is 19.3 Å². The zero-order valence-corrected chi connectivity index (χ0v) is 18.5. The molecular weight excluding hydrogens is 441 g/mol. The van der Waals surface area contributed by atoms with E-state index >= 15 is 0 Å². The molecule has 0 saturated carbocycles. The summed E-state index contributed by atoms with van der Waals surface area (Å²) >= 11 is 5.05. The van der Waals surface area contributed by atoms with Gasteiger partial charge in [0.1, 0.15) is 24.4 Å². The van der Waals surface area contributed by atoms with E-state index in [0.29, 0.717) is 0 Å². The van der Waals surface area contributed by atoms with Gasteiger partial charge in [-0.05, 0) is 32.6 Å². The monoisotopic (exact) mass is 465 g/mol. The van der Waals surface area contributed by atoms with Gasteiger partial charge in [-0.3, -0.25) is 19.1 Å². The van der Waals surface area contributed by atoms with Gasteiger partial charge in [-0.2, -0.15) is 0 Å². The third-order valence-electron chi connectivity index (χ3n) is 4.58. The maximum absolute atomic E-state index is 12.2. The number of ether oxygens (including phenoxy) is 4. The van der Waals surface area contributed by atoms with Crippen LogP contribution in [0.5, 0.6) is 0 Å². The molecule has 2 aliphatic rings. The summed E-state index contributed by atoms with van der Waals surface area (Å²) in [5, 5.41) is 2.53. The summed E-state index contributed by atoms with van der Waals surface area (Å²) in [6.07, 6.45) is -1.64. The molecule has 3 heterocycles. The Hall–Kier alpha value is -1.44. The second-order valence-electron chi connectivity index (χ2n) is 7.34. The molecule has 12 nitrogen and oxygen atoms in total. The van der Waals surface area contributed by atoms with Crippen molar-refractivity contribution in [1.82, 2.24) is 14.6 Å². The fourth-order valence-electron chi connectivity index (χ4n) is 3.33. The number of fused-ring (bicyclic) bond motifs is 1. The minimum Gasteiger partial charge on any atom is -0.468 e. The number of methoxy groups -OCH3 is 1. The predicted molar refractivity (Wildman–Crippen MR) is 106 cm³/mol. The maximum Gasteiger partial charge on any atom is 0.330 e. The van der Waals surface area contributed by atoms with Crippen LogP contribution in [0.1, 0.15) is 27.0 Å². The van der Waals surface area contributed by atoms with Gasteiger partial charge in [0.25, 0.3) is 12.2 Å². The summed E-state index contributed by atoms with van der Waals surface area (Å²) < 4.78 is 28.9. The number of carbonyl (C=O) groups excluding carboxylic acids is 1. The molecule has 0 radical (unpaired) electrons. The van der Waals surface area contributed by atoms with Crippen molar-refractivity contribution in [1.29, 1.82) is 0 Å². The average molecular weight is 465 g/mol. The summed E-state index contributed by atoms with van der Waals surface area (Å²) in [7, 11) is 1.22. The van der Waals surface area contributed by atoms with Crippen molar-refractivity contribution in [3.8, 4) is 0 Å². The Balaban J connectivity index is 1.75. The summed E-state index contributed by atoms with van der Waals surface area (Å²) in [5.74, 6) is -1.55. The average Bonchev–Trinajstić information content (AvgIpc) is 3.12. The van der Waals surface area contributed by atoms with E-state index in [0.717, 1.165) is 0 Å². The first kappa shape index (κ1) is 23.2. The van der Waals surface area contributed by atoms with Crippen molar-refractivity contribution in [2.24, 2.45) is 0 Å². The molecule has 168 valence electrons. The van der Waals surface area contributed by atoms with Crippen LogP contribution in [-0.4, -0.2) is 64.3 Å². The topological polar surface area (TPSA) is 150 Å². The molecule has 0 aromatic carbocycles. The molecule has 2 saturated heterocycles. The molecule has 3 N–H and O–H groups in total. The highest BCUT2D eigenvalue weighted by Gasteiger charge is 2.56. The van der Waals surface area contributed by atoms with E-state index in [4.69, 9.17) is 30.5 Å². The number of aromatic amines is 1. The van der Waals surface area contributed by atoms with Crippen molar-refractivity contribution in [2.45, 2.75) is 57.1 Å². The minimum absolute atomic E-state index is 0.191. The summed E-state index contributed by atoms with van der Waals surface area (Å²) in [6.45, 7) is 1.16.